The summed E-state index contributed by atoms with van der Waals surface area (Å²) in [5.41, 5.74) is 0. The molecule has 1 saturated carbocycles. The van der Waals surface area contributed by atoms with Crippen molar-refractivity contribution in [2.45, 2.75) is 45.1 Å². The second-order valence-corrected chi connectivity index (χ2v) is 5.78. The second kappa shape index (κ2) is 7.60. The van der Waals surface area contributed by atoms with E-state index < -0.39 is 0 Å². The predicted octanol–water partition coefficient (Wildman–Crippen LogP) is 2.57. The highest BCUT2D eigenvalue weighted by Crippen LogP contribution is 2.26. The van der Waals surface area contributed by atoms with Crippen LogP contribution in [0, 0.1) is 23.2 Å². The number of carbonyl (C=O) groups excluding carboxylic acids is 1. The zero-order valence-electron chi connectivity index (χ0n) is 10.7. The van der Waals surface area contributed by atoms with Crippen molar-refractivity contribution in [3.05, 3.63) is 0 Å². The van der Waals surface area contributed by atoms with E-state index in [0.29, 0.717) is 5.92 Å². The number of hydrogen-bond acceptors (Lipinski definition) is 3. The molecule has 1 rings (SSSR count). The van der Waals surface area contributed by atoms with Crippen LogP contribution in [0.15, 0.2) is 0 Å². The molecule has 0 bridgehead atoms. The minimum Gasteiger partial charge on any atom is -0.340 e. The number of nitrogens with zero attached hydrogens (tertiary/aromatic N) is 1. The Morgan fingerprint density at radius 2 is 2.12 bits per heavy atom. The maximum Gasteiger partial charge on any atom is 0.224 e. The van der Waals surface area contributed by atoms with E-state index in [1.165, 1.54) is 19.3 Å². The molecule has 4 heteroatoms. The van der Waals surface area contributed by atoms with Crippen molar-refractivity contribution in [2.24, 2.45) is 11.8 Å². The monoisotopic (exact) mass is 254 g/mol. The Morgan fingerprint density at radius 3 is 2.65 bits per heavy atom. The van der Waals surface area contributed by atoms with Crippen LogP contribution in [-0.2, 0) is 4.79 Å². The van der Waals surface area contributed by atoms with Crippen LogP contribution in [0.1, 0.15) is 39.0 Å². The first-order valence-corrected chi connectivity index (χ1v) is 7.77. The number of rotatable bonds is 5. The Morgan fingerprint density at radius 1 is 1.47 bits per heavy atom. The van der Waals surface area contributed by atoms with E-state index in [0.717, 1.165) is 18.6 Å². The van der Waals surface area contributed by atoms with Crippen molar-refractivity contribution < 1.29 is 4.79 Å². The summed E-state index contributed by atoms with van der Waals surface area (Å²) in [6.45, 7) is 1.92. The lowest BCUT2D eigenvalue weighted by Gasteiger charge is -2.27. The largest absolute Gasteiger partial charge is 0.340 e. The van der Waals surface area contributed by atoms with Crippen LogP contribution in [0.3, 0.4) is 0 Å². The van der Waals surface area contributed by atoms with Gasteiger partial charge in [-0.3, -0.25) is 4.79 Å². The summed E-state index contributed by atoms with van der Waals surface area (Å²) in [6.07, 6.45) is 7.81. The minimum absolute atomic E-state index is 0.00978. The summed E-state index contributed by atoms with van der Waals surface area (Å²) in [4.78, 5) is 11.9. The summed E-state index contributed by atoms with van der Waals surface area (Å²) in [5.74, 6) is 1.19. The van der Waals surface area contributed by atoms with Crippen molar-refractivity contribution in [3.8, 4) is 6.07 Å². The van der Waals surface area contributed by atoms with Gasteiger partial charge in [0.05, 0.1) is 6.07 Å². The zero-order valence-corrected chi connectivity index (χ0v) is 11.6. The number of thioether (sulfide) groups is 1. The van der Waals surface area contributed by atoms with E-state index in [4.69, 9.17) is 5.26 Å². The highest BCUT2D eigenvalue weighted by molar-refractivity contribution is 7.98. The molecule has 0 unspecified atom stereocenters. The van der Waals surface area contributed by atoms with Crippen molar-refractivity contribution >= 4 is 17.7 Å². The maximum atomic E-state index is 11.9. The van der Waals surface area contributed by atoms with Gasteiger partial charge in [0.15, 0.2) is 0 Å². The maximum absolute atomic E-state index is 11.9. The summed E-state index contributed by atoms with van der Waals surface area (Å²) < 4.78 is 0. The van der Waals surface area contributed by atoms with Gasteiger partial charge in [0, 0.05) is 11.7 Å². The molecule has 1 aliphatic rings. The number of hydrogen-bond donors (Lipinski definition) is 1. The summed E-state index contributed by atoms with van der Waals surface area (Å²) >= 11 is 1.66. The number of carbonyl (C=O) groups is 1. The summed E-state index contributed by atoms with van der Waals surface area (Å²) in [6, 6.07) is 1.98. The van der Waals surface area contributed by atoms with Crippen molar-refractivity contribution in [3.63, 3.8) is 0 Å². The van der Waals surface area contributed by atoms with Crippen LogP contribution in [0.25, 0.3) is 0 Å². The Balaban J connectivity index is 2.45. The zero-order chi connectivity index (χ0) is 12.7. The molecule has 2 atom stereocenters. The van der Waals surface area contributed by atoms with Gasteiger partial charge >= 0.3 is 0 Å². The number of amides is 1. The van der Waals surface area contributed by atoms with E-state index in [1.807, 2.05) is 13.2 Å². The Bertz CT molecular complexity index is 282. The van der Waals surface area contributed by atoms with Gasteiger partial charge in [-0.05, 0) is 25.0 Å². The van der Waals surface area contributed by atoms with Gasteiger partial charge in [0.25, 0.3) is 0 Å². The van der Waals surface area contributed by atoms with Gasteiger partial charge < -0.3 is 5.32 Å². The Kier molecular flexibility index (Phi) is 6.43. The third-order valence-corrected chi connectivity index (χ3v) is 4.26. The van der Waals surface area contributed by atoms with Gasteiger partial charge in [-0.2, -0.15) is 17.0 Å². The Labute approximate surface area is 108 Å². The van der Waals surface area contributed by atoms with Gasteiger partial charge in [0.1, 0.15) is 6.04 Å². The molecule has 0 aromatic heterocycles. The first-order valence-electron chi connectivity index (χ1n) is 6.38. The SMILES string of the molecule is CSC[C@@H](C)C(=O)N[C@@H](C#N)C1CCCCC1. The first kappa shape index (κ1) is 14.4. The van der Waals surface area contributed by atoms with Gasteiger partial charge in [-0.25, -0.2) is 0 Å². The summed E-state index contributed by atoms with van der Waals surface area (Å²) in [5, 5.41) is 12.1. The van der Waals surface area contributed by atoms with E-state index in [9.17, 15) is 4.79 Å². The predicted molar refractivity (Wildman–Crippen MR) is 71.7 cm³/mol. The van der Waals surface area contributed by atoms with Crippen LogP contribution in [0.2, 0.25) is 0 Å². The van der Waals surface area contributed by atoms with Crippen molar-refractivity contribution in [1.82, 2.24) is 5.32 Å². The third kappa shape index (κ3) is 4.59. The topological polar surface area (TPSA) is 52.9 Å². The molecule has 1 fully saturated rings. The fraction of sp³-hybridized carbons (Fsp3) is 0.846. The van der Waals surface area contributed by atoms with Crippen molar-refractivity contribution in [1.29, 1.82) is 5.26 Å². The van der Waals surface area contributed by atoms with Crippen LogP contribution < -0.4 is 5.32 Å². The molecule has 17 heavy (non-hydrogen) atoms. The fourth-order valence-electron chi connectivity index (χ4n) is 2.34. The quantitative estimate of drug-likeness (QED) is 0.820. The average Bonchev–Trinajstić information content (AvgIpc) is 2.37. The first-order chi connectivity index (χ1) is 8.19. The Hall–Kier alpha value is -0.690. The second-order valence-electron chi connectivity index (χ2n) is 4.87. The number of nitrogens with one attached hydrogen (secondary N) is 1. The lowest BCUT2D eigenvalue weighted by Crippen LogP contribution is -2.42. The molecule has 3 nitrogen and oxygen atoms in total. The van der Waals surface area contributed by atoms with Crippen LogP contribution in [-0.4, -0.2) is 24.0 Å². The lowest BCUT2D eigenvalue weighted by molar-refractivity contribution is -0.124. The van der Waals surface area contributed by atoms with Crippen molar-refractivity contribution in [2.75, 3.05) is 12.0 Å². The molecule has 1 aliphatic carbocycles. The molecule has 0 aromatic rings. The summed E-state index contributed by atoms with van der Waals surface area (Å²) in [7, 11) is 0. The third-order valence-electron chi connectivity index (χ3n) is 3.42. The van der Waals surface area contributed by atoms with Gasteiger partial charge in [-0.1, -0.05) is 26.2 Å². The van der Waals surface area contributed by atoms with E-state index in [-0.39, 0.29) is 17.9 Å². The lowest BCUT2D eigenvalue weighted by atomic mass is 9.84. The van der Waals surface area contributed by atoms with E-state index in [2.05, 4.69) is 11.4 Å². The molecule has 0 radical (unpaired) electrons. The molecule has 0 saturated heterocycles. The van der Waals surface area contributed by atoms with Crippen LogP contribution >= 0.6 is 11.8 Å². The molecule has 1 amide bonds. The molecule has 96 valence electrons. The highest BCUT2D eigenvalue weighted by Gasteiger charge is 2.26. The average molecular weight is 254 g/mol. The smallest absolute Gasteiger partial charge is 0.224 e. The molecular formula is C13H22N2OS. The normalized spacial score (nSPS) is 20.3. The van der Waals surface area contributed by atoms with Crippen LogP contribution in [0.5, 0.6) is 0 Å². The molecular weight excluding hydrogens is 232 g/mol. The number of nitriles is 1. The van der Waals surface area contributed by atoms with E-state index in [1.54, 1.807) is 11.8 Å². The van der Waals surface area contributed by atoms with Gasteiger partial charge in [0.2, 0.25) is 5.91 Å². The molecule has 0 aliphatic heterocycles. The molecule has 0 aromatic carbocycles. The minimum atomic E-state index is -0.285. The fourth-order valence-corrected chi connectivity index (χ4v) is 3.00. The molecule has 0 heterocycles. The highest BCUT2D eigenvalue weighted by atomic mass is 32.2. The van der Waals surface area contributed by atoms with E-state index >= 15 is 0 Å². The standard InChI is InChI=1S/C13H22N2OS/c1-10(9-17-2)13(16)15-12(8-14)11-6-4-3-5-7-11/h10-12H,3-7,9H2,1-2H3,(H,15,16)/t10-,12+/m1/s1. The van der Waals surface area contributed by atoms with Gasteiger partial charge in [-0.15, -0.1) is 0 Å². The molecule has 1 N–H and O–H groups in total. The van der Waals surface area contributed by atoms with Crippen LogP contribution in [0.4, 0.5) is 0 Å². The molecule has 0 spiro atoms.